The van der Waals surface area contributed by atoms with Crippen molar-refractivity contribution in [2.24, 2.45) is 0 Å². The van der Waals surface area contributed by atoms with Gasteiger partial charge in [0.15, 0.2) is 0 Å². The maximum absolute atomic E-state index is 12.2. The van der Waals surface area contributed by atoms with E-state index in [1.165, 1.54) is 0 Å². The number of amides is 1. The monoisotopic (exact) mass is 480 g/mol. The molecule has 1 aliphatic heterocycles. The van der Waals surface area contributed by atoms with Gasteiger partial charge in [-0.15, -0.1) is 0 Å². The zero-order valence-electron chi connectivity index (χ0n) is 15.4. The summed E-state index contributed by atoms with van der Waals surface area (Å²) in [6, 6.07) is 11.8. The Hall–Kier alpha value is -1.75. The zero-order chi connectivity index (χ0) is 19.1. The number of hydrogen-bond acceptors (Lipinski definition) is 6. The molecule has 0 spiro atoms. The molecule has 0 bridgehead atoms. The van der Waals surface area contributed by atoms with Crippen LogP contribution in [-0.2, 0) is 11.2 Å². The predicted molar refractivity (Wildman–Crippen MR) is 116 cm³/mol. The molecule has 7 nitrogen and oxygen atoms in total. The lowest BCUT2D eigenvalue weighted by molar-refractivity contribution is -0.115. The van der Waals surface area contributed by atoms with Gasteiger partial charge in [-0.2, -0.15) is 5.53 Å². The maximum atomic E-state index is 12.2. The molecule has 3 rings (SSSR count). The zero-order valence-corrected chi connectivity index (χ0v) is 17.6. The van der Waals surface area contributed by atoms with Gasteiger partial charge in [-0.05, 0) is 52.4 Å². The number of rotatable bonds is 7. The van der Waals surface area contributed by atoms with Gasteiger partial charge in [0.1, 0.15) is 5.82 Å². The van der Waals surface area contributed by atoms with Crippen molar-refractivity contribution >= 4 is 40.0 Å². The van der Waals surface area contributed by atoms with Crippen LogP contribution in [0.2, 0.25) is 0 Å². The Morgan fingerprint density at radius 2 is 1.85 bits per heavy atom. The highest BCUT2D eigenvalue weighted by molar-refractivity contribution is 14.1. The van der Waals surface area contributed by atoms with Crippen LogP contribution in [-0.4, -0.2) is 48.6 Å². The molecular formula is C19H25IN6O. The van der Waals surface area contributed by atoms with Crippen molar-refractivity contribution in [1.29, 1.82) is 0 Å². The third kappa shape index (κ3) is 6.13. The molecule has 0 saturated carbocycles. The Morgan fingerprint density at radius 1 is 1.11 bits per heavy atom. The van der Waals surface area contributed by atoms with Crippen LogP contribution in [0.3, 0.4) is 0 Å². The van der Waals surface area contributed by atoms with Crippen LogP contribution in [0.15, 0.2) is 42.6 Å². The third-order valence-electron chi connectivity index (χ3n) is 4.35. The summed E-state index contributed by atoms with van der Waals surface area (Å²) in [5.74, 6) is 0.529. The number of hydrazine groups is 2. The topological polar surface area (TPSA) is 72.5 Å². The molecule has 1 aromatic heterocycles. The van der Waals surface area contributed by atoms with Crippen molar-refractivity contribution < 1.29 is 4.79 Å². The minimum Gasteiger partial charge on any atom is -0.368 e. The highest BCUT2D eigenvalue weighted by atomic mass is 127. The highest BCUT2D eigenvalue weighted by Crippen LogP contribution is 2.17. The average molecular weight is 480 g/mol. The molecule has 1 aliphatic rings. The Labute approximate surface area is 173 Å². The minimum absolute atomic E-state index is 0.0560. The van der Waals surface area contributed by atoms with Gasteiger partial charge < -0.3 is 10.2 Å². The fourth-order valence-electron chi connectivity index (χ4n) is 2.89. The summed E-state index contributed by atoms with van der Waals surface area (Å²) in [7, 11) is 0. The van der Waals surface area contributed by atoms with Crippen molar-refractivity contribution in [1.82, 2.24) is 21.0 Å². The van der Waals surface area contributed by atoms with Gasteiger partial charge in [-0.3, -0.25) is 4.79 Å². The fraction of sp³-hybridized carbons (Fsp3) is 0.368. The Balaban J connectivity index is 1.48. The molecule has 0 atom stereocenters. The number of nitrogens with one attached hydrogen (secondary N) is 3. The van der Waals surface area contributed by atoms with E-state index in [0.717, 1.165) is 47.5 Å². The first-order valence-electron chi connectivity index (χ1n) is 9.13. The van der Waals surface area contributed by atoms with E-state index in [9.17, 15) is 4.79 Å². The van der Waals surface area contributed by atoms with Crippen molar-refractivity contribution in [3.8, 4) is 0 Å². The van der Waals surface area contributed by atoms with Crippen LogP contribution in [0.1, 0.15) is 12.5 Å². The molecule has 1 aromatic carbocycles. The first kappa shape index (κ1) is 20.0. The Kier molecular flexibility index (Phi) is 7.39. The molecule has 27 heavy (non-hydrogen) atoms. The molecule has 8 heteroatoms. The number of halogens is 1. The summed E-state index contributed by atoms with van der Waals surface area (Å²) >= 11 is 2.25. The van der Waals surface area contributed by atoms with E-state index >= 15 is 0 Å². The molecule has 2 aromatic rings. The van der Waals surface area contributed by atoms with Crippen molar-refractivity contribution in [2.45, 2.75) is 13.3 Å². The van der Waals surface area contributed by atoms with Crippen LogP contribution in [0.5, 0.6) is 0 Å². The van der Waals surface area contributed by atoms with E-state index in [1.807, 2.05) is 42.6 Å². The summed E-state index contributed by atoms with van der Waals surface area (Å²) in [6.45, 7) is 6.68. The molecule has 0 radical (unpaired) electrons. The van der Waals surface area contributed by atoms with Gasteiger partial charge in [0.2, 0.25) is 5.91 Å². The predicted octanol–water partition coefficient (Wildman–Crippen LogP) is 2.02. The van der Waals surface area contributed by atoms with E-state index in [1.54, 1.807) is 0 Å². The van der Waals surface area contributed by atoms with Gasteiger partial charge in [-0.1, -0.05) is 19.1 Å². The number of anilines is 2. The second-order valence-corrected chi connectivity index (χ2v) is 7.61. The number of piperazine rings is 1. The lowest BCUT2D eigenvalue weighted by Gasteiger charge is -2.35. The number of benzene rings is 1. The van der Waals surface area contributed by atoms with Crippen molar-refractivity contribution in [2.75, 3.05) is 42.9 Å². The van der Waals surface area contributed by atoms with Crippen molar-refractivity contribution in [3.05, 3.63) is 51.7 Å². The number of aromatic nitrogens is 1. The van der Waals surface area contributed by atoms with Crippen LogP contribution >= 0.6 is 22.6 Å². The number of nitrogens with zero attached hydrogens (tertiary/aromatic N) is 3. The molecule has 0 unspecified atom stereocenters. The van der Waals surface area contributed by atoms with Gasteiger partial charge >= 0.3 is 0 Å². The van der Waals surface area contributed by atoms with Gasteiger partial charge in [0, 0.05) is 36.3 Å². The lowest BCUT2D eigenvalue weighted by Crippen LogP contribution is -2.56. The van der Waals surface area contributed by atoms with Gasteiger partial charge in [0.05, 0.1) is 18.3 Å². The Bertz CT molecular complexity index is 729. The van der Waals surface area contributed by atoms with Crippen LogP contribution in [0, 0.1) is 3.57 Å². The van der Waals surface area contributed by atoms with Crippen molar-refractivity contribution in [3.63, 3.8) is 0 Å². The number of carbonyl (C=O) groups excluding carboxylic acids is 1. The first-order chi connectivity index (χ1) is 13.1. The summed E-state index contributed by atoms with van der Waals surface area (Å²) in [5, 5.41) is 5.04. The van der Waals surface area contributed by atoms with Crippen LogP contribution in [0.25, 0.3) is 0 Å². The highest BCUT2D eigenvalue weighted by Gasteiger charge is 2.17. The second kappa shape index (κ2) is 9.98. The van der Waals surface area contributed by atoms with E-state index in [2.05, 4.69) is 60.7 Å². The standard InChI is InChI=1S/C19H25IN6O/c1-2-22-24-26-11-9-25(10-12-26)17-7-8-18(21-14-17)23-19(27)13-15-3-5-16(20)6-4-15/h3-8,14,22,24H,2,9-13H2,1H3,(H,21,23,27). The van der Waals surface area contributed by atoms with E-state index in [0.29, 0.717) is 12.2 Å². The SMILES string of the molecule is CCNNN1CCN(c2ccc(NC(=O)Cc3ccc(I)cc3)nc2)CC1. The van der Waals surface area contributed by atoms with Crippen LogP contribution < -0.4 is 21.2 Å². The summed E-state index contributed by atoms with van der Waals surface area (Å²) in [4.78, 5) is 18.9. The lowest BCUT2D eigenvalue weighted by atomic mass is 10.1. The van der Waals surface area contributed by atoms with Gasteiger partial charge in [0.25, 0.3) is 0 Å². The van der Waals surface area contributed by atoms with Crippen LogP contribution in [0.4, 0.5) is 11.5 Å². The molecule has 3 N–H and O–H groups in total. The summed E-state index contributed by atoms with van der Waals surface area (Å²) in [6.07, 6.45) is 2.18. The fourth-order valence-corrected chi connectivity index (χ4v) is 3.25. The molecule has 1 fully saturated rings. The number of hydrogen-bond donors (Lipinski definition) is 3. The van der Waals surface area contributed by atoms with Gasteiger partial charge in [-0.25, -0.2) is 15.4 Å². The normalized spacial score (nSPS) is 15.0. The Morgan fingerprint density at radius 3 is 2.48 bits per heavy atom. The molecule has 1 saturated heterocycles. The summed E-state index contributed by atoms with van der Waals surface area (Å²) < 4.78 is 1.16. The molecule has 1 amide bonds. The molecule has 144 valence electrons. The summed E-state index contributed by atoms with van der Waals surface area (Å²) in [5.41, 5.74) is 8.38. The average Bonchev–Trinajstić information content (AvgIpc) is 2.69. The number of pyridine rings is 1. The number of carbonyl (C=O) groups is 1. The first-order valence-corrected chi connectivity index (χ1v) is 10.2. The smallest absolute Gasteiger partial charge is 0.229 e. The third-order valence-corrected chi connectivity index (χ3v) is 5.07. The largest absolute Gasteiger partial charge is 0.368 e. The molecule has 0 aliphatic carbocycles. The van der Waals surface area contributed by atoms with E-state index in [4.69, 9.17) is 0 Å². The molecule has 2 heterocycles. The van der Waals surface area contributed by atoms with E-state index < -0.39 is 0 Å². The molecular weight excluding hydrogens is 455 g/mol. The minimum atomic E-state index is -0.0560. The quantitative estimate of drug-likeness (QED) is 0.416. The maximum Gasteiger partial charge on any atom is 0.229 e. The van der Waals surface area contributed by atoms with E-state index in [-0.39, 0.29) is 5.91 Å². The second-order valence-electron chi connectivity index (χ2n) is 6.37.